The van der Waals surface area contributed by atoms with E-state index in [4.69, 9.17) is 14.2 Å². The van der Waals surface area contributed by atoms with Gasteiger partial charge in [0.15, 0.2) is 0 Å². The quantitative estimate of drug-likeness (QED) is 0.153. The average molecular weight is 555 g/mol. The minimum Gasteiger partial charge on any atom is -0.457 e. The van der Waals surface area contributed by atoms with Gasteiger partial charge in [-0.3, -0.25) is 0 Å². The summed E-state index contributed by atoms with van der Waals surface area (Å²) in [6, 6.07) is 0. The molecule has 0 radical (unpaired) electrons. The van der Waals surface area contributed by atoms with Gasteiger partial charge in [-0.15, -0.1) is 0 Å². The van der Waals surface area contributed by atoms with E-state index in [-0.39, 0.29) is 5.97 Å². The van der Waals surface area contributed by atoms with Crippen LogP contribution in [0.15, 0.2) is 23.5 Å². The Balaban J connectivity index is 1.15. The minimum absolute atomic E-state index is 0.312. The molecule has 5 aliphatic rings. The molecule has 4 heteroatoms. The topological polar surface area (TPSA) is 44.8 Å². The van der Waals surface area contributed by atoms with Gasteiger partial charge < -0.3 is 14.2 Å². The van der Waals surface area contributed by atoms with Crippen LogP contribution in [0.1, 0.15) is 132 Å². The maximum Gasteiger partial charge on any atom is 0.337 e. The van der Waals surface area contributed by atoms with E-state index < -0.39 is 5.79 Å². The number of rotatable bonds is 10. The number of esters is 1. The van der Waals surface area contributed by atoms with Crippen LogP contribution < -0.4 is 0 Å². The van der Waals surface area contributed by atoms with E-state index in [0.29, 0.717) is 35.7 Å². The minimum atomic E-state index is -0.872. The van der Waals surface area contributed by atoms with Gasteiger partial charge in [0, 0.05) is 26.9 Å². The summed E-state index contributed by atoms with van der Waals surface area (Å²) in [6.07, 6.45) is 21.0. The Bertz CT molecular complexity index is 977. The van der Waals surface area contributed by atoms with Crippen LogP contribution >= 0.6 is 0 Å². The molecule has 1 aliphatic heterocycles. The average Bonchev–Trinajstić information content (AvgIpc) is 3.22. The molecule has 3 saturated carbocycles. The molecular formula is C36H58O4. The summed E-state index contributed by atoms with van der Waals surface area (Å²) in [5.41, 5.74) is 2.63. The van der Waals surface area contributed by atoms with Crippen molar-refractivity contribution in [1.82, 2.24) is 0 Å². The highest BCUT2D eigenvalue weighted by molar-refractivity contribution is 5.83. The van der Waals surface area contributed by atoms with Crippen molar-refractivity contribution >= 4 is 5.97 Å². The summed E-state index contributed by atoms with van der Waals surface area (Å²) >= 11 is 0. The molecule has 0 N–H and O–H groups in total. The van der Waals surface area contributed by atoms with E-state index >= 15 is 0 Å². The van der Waals surface area contributed by atoms with Gasteiger partial charge in [0.1, 0.15) is 5.76 Å². The first-order valence-corrected chi connectivity index (χ1v) is 16.8. The zero-order valence-electron chi connectivity index (χ0n) is 26.7. The second-order valence-corrected chi connectivity index (χ2v) is 15.7. The van der Waals surface area contributed by atoms with Crippen molar-refractivity contribution in [3.05, 3.63) is 23.5 Å². The smallest absolute Gasteiger partial charge is 0.337 e. The van der Waals surface area contributed by atoms with Crippen LogP contribution in [0.2, 0.25) is 0 Å². The fraction of sp³-hybridized carbons (Fsp3) is 0.861. The third-order valence-corrected chi connectivity index (χ3v) is 12.2. The zero-order chi connectivity index (χ0) is 28.7. The standard InChI is InChI=1S/C36H58O4/c1-24(2)10-8-11-25(3)30-15-16-31-29-14-13-26-22-27(17-19-35(26,6)32(29)18-20-36(30,31)7)38-21-9-12-28-23-33(37)40-34(4,5)39-28/h13,23-25,27,29-32H,8-12,14-22H2,1-7H3. The van der Waals surface area contributed by atoms with Crippen molar-refractivity contribution < 1.29 is 19.0 Å². The van der Waals surface area contributed by atoms with E-state index in [1.165, 1.54) is 70.3 Å². The summed E-state index contributed by atoms with van der Waals surface area (Å²) < 4.78 is 17.4. The molecule has 8 atom stereocenters. The van der Waals surface area contributed by atoms with Crippen molar-refractivity contribution in [2.75, 3.05) is 6.61 Å². The third kappa shape index (κ3) is 6.09. The summed E-state index contributed by atoms with van der Waals surface area (Å²) in [6.45, 7) is 16.9. The summed E-state index contributed by atoms with van der Waals surface area (Å²) in [7, 11) is 0. The molecule has 1 heterocycles. The van der Waals surface area contributed by atoms with E-state index in [2.05, 4.69) is 40.7 Å². The van der Waals surface area contributed by atoms with Crippen LogP contribution in [-0.4, -0.2) is 24.5 Å². The van der Waals surface area contributed by atoms with Gasteiger partial charge in [-0.05, 0) is 104 Å². The maximum absolute atomic E-state index is 11.8. The van der Waals surface area contributed by atoms with Gasteiger partial charge in [-0.25, -0.2) is 4.79 Å². The first-order chi connectivity index (χ1) is 18.9. The lowest BCUT2D eigenvalue weighted by Crippen LogP contribution is -2.51. The molecule has 0 bridgehead atoms. The van der Waals surface area contributed by atoms with E-state index in [1.54, 1.807) is 19.4 Å². The highest BCUT2D eigenvalue weighted by atomic mass is 16.7. The van der Waals surface area contributed by atoms with Crippen molar-refractivity contribution in [3.63, 3.8) is 0 Å². The first kappa shape index (κ1) is 30.2. The fourth-order valence-corrected chi connectivity index (χ4v) is 10.2. The van der Waals surface area contributed by atoms with Gasteiger partial charge in [0.05, 0.1) is 12.2 Å². The van der Waals surface area contributed by atoms with Crippen LogP contribution in [0.25, 0.3) is 0 Å². The molecule has 4 nitrogen and oxygen atoms in total. The van der Waals surface area contributed by atoms with Crippen molar-refractivity contribution in [3.8, 4) is 0 Å². The highest BCUT2D eigenvalue weighted by Gasteiger charge is 2.59. The molecule has 3 fully saturated rings. The van der Waals surface area contributed by atoms with Gasteiger partial charge >= 0.3 is 5.97 Å². The van der Waals surface area contributed by atoms with E-state index in [1.807, 2.05) is 0 Å². The number of carbonyl (C=O) groups excluding carboxylic acids is 1. The zero-order valence-corrected chi connectivity index (χ0v) is 26.7. The van der Waals surface area contributed by atoms with Gasteiger partial charge in [0.25, 0.3) is 0 Å². The fourth-order valence-electron chi connectivity index (χ4n) is 10.2. The van der Waals surface area contributed by atoms with Gasteiger partial charge in [0.2, 0.25) is 5.79 Å². The Hall–Kier alpha value is -1.29. The summed E-state index contributed by atoms with van der Waals surface area (Å²) in [4.78, 5) is 11.8. The number of ether oxygens (including phenoxy) is 3. The molecule has 226 valence electrons. The molecule has 0 amide bonds. The number of hydrogen-bond donors (Lipinski definition) is 0. The van der Waals surface area contributed by atoms with Crippen LogP contribution in [0, 0.1) is 46.3 Å². The molecular weight excluding hydrogens is 496 g/mol. The summed E-state index contributed by atoms with van der Waals surface area (Å²) in [5.74, 6) is 4.84. The Morgan fingerprint density at radius 3 is 2.50 bits per heavy atom. The second-order valence-electron chi connectivity index (χ2n) is 15.7. The number of cyclic esters (lactones) is 1. The van der Waals surface area contributed by atoms with E-state index in [0.717, 1.165) is 48.3 Å². The molecule has 0 saturated heterocycles. The molecule has 8 unspecified atom stereocenters. The Morgan fingerprint density at radius 1 is 0.950 bits per heavy atom. The SMILES string of the molecule is CC(C)CCCC(C)C1CCC2C3CC=C4CC(OCCCC5=CC(=O)OC(C)(C)O5)CCC4(C)C3CCC12C. The van der Waals surface area contributed by atoms with Crippen LogP contribution in [-0.2, 0) is 19.0 Å². The molecule has 0 aromatic heterocycles. The third-order valence-electron chi connectivity index (χ3n) is 12.2. The van der Waals surface area contributed by atoms with E-state index in [9.17, 15) is 4.79 Å². The molecule has 0 spiro atoms. The highest BCUT2D eigenvalue weighted by Crippen LogP contribution is 2.67. The lowest BCUT2D eigenvalue weighted by Gasteiger charge is -2.58. The molecule has 5 rings (SSSR count). The first-order valence-electron chi connectivity index (χ1n) is 16.8. The normalized spacial score (nSPS) is 39.3. The van der Waals surface area contributed by atoms with Crippen LogP contribution in [0.4, 0.5) is 0 Å². The monoisotopic (exact) mass is 554 g/mol. The van der Waals surface area contributed by atoms with Crippen molar-refractivity contribution in [2.24, 2.45) is 46.3 Å². The lowest BCUT2D eigenvalue weighted by atomic mass is 9.47. The Labute approximate surface area is 245 Å². The number of hydrogen-bond acceptors (Lipinski definition) is 4. The largest absolute Gasteiger partial charge is 0.457 e. The predicted molar refractivity (Wildman–Crippen MR) is 161 cm³/mol. The number of allylic oxidation sites excluding steroid dienone is 2. The maximum atomic E-state index is 11.8. The molecule has 40 heavy (non-hydrogen) atoms. The van der Waals surface area contributed by atoms with Crippen molar-refractivity contribution in [2.45, 2.75) is 144 Å². The number of fused-ring (bicyclic) bond motifs is 5. The van der Waals surface area contributed by atoms with Crippen molar-refractivity contribution in [1.29, 1.82) is 0 Å². The lowest BCUT2D eigenvalue weighted by molar-refractivity contribution is -0.206. The molecule has 4 aliphatic carbocycles. The Morgan fingerprint density at radius 2 is 1.75 bits per heavy atom. The van der Waals surface area contributed by atoms with Gasteiger partial charge in [-0.1, -0.05) is 65.5 Å². The van der Waals surface area contributed by atoms with Crippen LogP contribution in [0.5, 0.6) is 0 Å². The number of carbonyl (C=O) groups is 1. The molecule has 0 aromatic carbocycles. The predicted octanol–water partition coefficient (Wildman–Crippen LogP) is 9.39. The second kappa shape index (κ2) is 11.8. The van der Waals surface area contributed by atoms with Crippen LogP contribution in [0.3, 0.4) is 0 Å². The molecule has 0 aromatic rings. The summed E-state index contributed by atoms with van der Waals surface area (Å²) in [5, 5.41) is 0. The van der Waals surface area contributed by atoms with Gasteiger partial charge in [-0.2, -0.15) is 0 Å². The Kier molecular flexibility index (Phi) is 8.88.